The molecule has 0 aliphatic rings. The minimum atomic E-state index is -4.20. The van der Waals surface area contributed by atoms with Crippen LogP contribution < -0.4 is 14.4 Å². The minimum Gasteiger partial charge on any atom is -0.202 e. The number of nitrogens with one attached hydrogen (secondary N) is 2. The molecule has 0 saturated heterocycles. The van der Waals surface area contributed by atoms with Gasteiger partial charge >= 0.3 is 0 Å². The SMILES string of the molecule is Cc1ccc(S(=O)(=O)N[N+](NS(=O)(=O)c2ccc(C)cc2)(c2ccccc2)c2ccccc2)cc1. The van der Waals surface area contributed by atoms with Crippen molar-refractivity contribution < 1.29 is 16.8 Å². The number of para-hydroxylation sites is 2. The molecule has 0 aliphatic carbocycles. The van der Waals surface area contributed by atoms with Gasteiger partial charge < -0.3 is 0 Å². The Bertz CT molecular complexity index is 1390. The van der Waals surface area contributed by atoms with E-state index in [0.29, 0.717) is 11.4 Å². The lowest BCUT2D eigenvalue weighted by molar-refractivity contribution is 0.307. The highest BCUT2D eigenvalue weighted by Gasteiger charge is 2.44. The van der Waals surface area contributed by atoms with Crippen molar-refractivity contribution in [1.29, 1.82) is 0 Å². The zero-order valence-corrected chi connectivity index (χ0v) is 20.9. The van der Waals surface area contributed by atoms with Gasteiger partial charge in [0.1, 0.15) is 0 Å². The number of aryl methyl sites for hydroxylation is 2. The summed E-state index contributed by atoms with van der Waals surface area (Å²) < 4.78 is 53.6. The lowest BCUT2D eigenvalue weighted by Gasteiger charge is -2.34. The highest BCUT2D eigenvalue weighted by Crippen LogP contribution is 2.33. The normalized spacial score (nSPS) is 12.4. The van der Waals surface area contributed by atoms with Gasteiger partial charge in [0.05, 0.1) is 9.79 Å². The maximum atomic E-state index is 13.6. The van der Waals surface area contributed by atoms with Gasteiger partial charge in [0.15, 0.2) is 11.4 Å². The van der Waals surface area contributed by atoms with Crippen LogP contribution in [0.15, 0.2) is 119 Å². The van der Waals surface area contributed by atoms with E-state index >= 15 is 0 Å². The third-order valence-electron chi connectivity index (χ3n) is 5.46. The van der Waals surface area contributed by atoms with Crippen LogP contribution in [-0.2, 0) is 20.0 Å². The molecular weight excluding hydrogens is 482 g/mol. The van der Waals surface area contributed by atoms with E-state index in [2.05, 4.69) is 9.66 Å². The summed E-state index contributed by atoms with van der Waals surface area (Å²) in [4.78, 5) is 5.28. The van der Waals surface area contributed by atoms with E-state index in [1.54, 1.807) is 84.9 Å². The van der Waals surface area contributed by atoms with E-state index in [-0.39, 0.29) is 9.79 Å². The van der Waals surface area contributed by atoms with Crippen molar-refractivity contribution in [2.24, 2.45) is 0 Å². The van der Waals surface area contributed by atoms with Crippen molar-refractivity contribution in [2.75, 3.05) is 0 Å². The van der Waals surface area contributed by atoms with E-state index in [4.69, 9.17) is 0 Å². The molecule has 4 aromatic rings. The summed E-state index contributed by atoms with van der Waals surface area (Å²) in [6.07, 6.45) is 0. The summed E-state index contributed by atoms with van der Waals surface area (Å²) in [5.41, 5.74) is 2.50. The number of hydrogen-bond acceptors (Lipinski definition) is 4. The average molecular weight is 509 g/mol. The molecule has 35 heavy (non-hydrogen) atoms. The zero-order valence-electron chi connectivity index (χ0n) is 19.3. The quantitative estimate of drug-likeness (QED) is 0.266. The molecule has 0 bridgehead atoms. The number of rotatable bonds is 8. The molecule has 0 saturated carbocycles. The second kappa shape index (κ2) is 9.73. The van der Waals surface area contributed by atoms with Crippen molar-refractivity contribution in [3.63, 3.8) is 0 Å². The Morgan fingerprint density at radius 2 is 0.800 bits per heavy atom. The topological polar surface area (TPSA) is 92.3 Å². The Morgan fingerprint density at radius 1 is 0.486 bits per heavy atom. The predicted molar refractivity (Wildman–Crippen MR) is 137 cm³/mol. The molecule has 4 rings (SSSR count). The maximum absolute atomic E-state index is 13.6. The van der Waals surface area contributed by atoms with E-state index in [1.165, 1.54) is 24.3 Å². The van der Waals surface area contributed by atoms with Crippen LogP contribution in [-0.4, -0.2) is 16.8 Å². The van der Waals surface area contributed by atoms with Crippen LogP contribution >= 0.6 is 0 Å². The Kier molecular flexibility index (Phi) is 6.88. The van der Waals surface area contributed by atoms with E-state index in [9.17, 15) is 16.8 Å². The number of nitrogens with zero attached hydrogens (tertiary/aromatic N) is 1. The molecule has 4 aromatic carbocycles. The van der Waals surface area contributed by atoms with Gasteiger partial charge in [-0.1, -0.05) is 76.5 Å². The van der Waals surface area contributed by atoms with Gasteiger partial charge in [-0.15, -0.1) is 0 Å². The maximum Gasteiger partial charge on any atom is 0.284 e. The highest BCUT2D eigenvalue weighted by molar-refractivity contribution is 7.90. The third kappa shape index (κ3) is 5.34. The first-order chi connectivity index (χ1) is 16.6. The van der Waals surface area contributed by atoms with Gasteiger partial charge in [-0.3, -0.25) is 0 Å². The fourth-order valence-corrected chi connectivity index (χ4v) is 6.07. The second-order valence-corrected chi connectivity index (χ2v) is 11.5. The second-order valence-electron chi connectivity index (χ2n) is 8.16. The number of benzene rings is 4. The molecule has 0 amide bonds. The van der Waals surface area contributed by atoms with E-state index in [1.807, 2.05) is 13.8 Å². The Hall–Kier alpha value is -3.34. The molecule has 0 aromatic heterocycles. The first-order valence-electron chi connectivity index (χ1n) is 10.8. The number of quaternary nitrogens is 1. The van der Waals surface area contributed by atoms with Crippen LogP contribution in [0.2, 0.25) is 0 Å². The molecule has 2 N–H and O–H groups in total. The number of hydrogen-bond donors (Lipinski definition) is 2. The summed E-state index contributed by atoms with van der Waals surface area (Å²) in [7, 11) is -8.39. The molecule has 180 valence electrons. The Labute approximate surface area is 206 Å². The van der Waals surface area contributed by atoms with Crippen LogP contribution in [0.25, 0.3) is 0 Å². The molecule has 0 radical (unpaired) electrons. The molecule has 7 nitrogen and oxygen atoms in total. The molecule has 0 unspecified atom stereocenters. The van der Waals surface area contributed by atoms with E-state index in [0.717, 1.165) is 11.1 Å². The lowest BCUT2D eigenvalue weighted by Crippen LogP contribution is -2.67. The minimum absolute atomic E-state index is 0.00648. The van der Waals surface area contributed by atoms with Crippen LogP contribution in [0.5, 0.6) is 0 Å². The molecular formula is C26H26N3O4S2+. The van der Waals surface area contributed by atoms with Gasteiger partial charge in [-0.25, -0.2) is 16.8 Å². The number of sulfonamides is 2. The largest absolute Gasteiger partial charge is 0.284 e. The summed E-state index contributed by atoms with van der Waals surface area (Å²) >= 11 is 0. The van der Waals surface area contributed by atoms with Gasteiger partial charge in [0, 0.05) is 24.3 Å². The molecule has 9 heteroatoms. The lowest BCUT2D eigenvalue weighted by atomic mass is 10.2. The Balaban J connectivity index is 1.94. The van der Waals surface area contributed by atoms with Crippen LogP contribution in [0.1, 0.15) is 11.1 Å². The molecule has 0 spiro atoms. The molecule has 0 heterocycles. The summed E-state index contributed by atoms with van der Waals surface area (Å²) in [6.45, 7) is 3.71. The van der Waals surface area contributed by atoms with Crippen LogP contribution in [0.3, 0.4) is 0 Å². The monoisotopic (exact) mass is 508 g/mol. The molecule has 0 fully saturated rings. The zero-order chi connectivity index (χ0) is 25.1. The molecule has 0 atom stereocenters. The van der Waals surface area contributed by atoms with Gasteiger partial charge in [0.25, 0.3) is 20.0 Å². The molecule has 0 aliphatic heterocycles. The summed E-state index contributed by atoms with van der Waals surface area (Å²) in [5, 5.41) is 0. The average Bonchev–Trinajstić information content (AvgIpc) is 2.85. The van der Waals surface area contributed by atoms with Crippen molar-refractivity contribution in [3.8, 4) is 0 Å². The summed E-state index contributed by atoms with van der Waals surface area (Å²) in [5.74, 6) is 0. The summed E-state index contributed by atoms with van der Waals surface area (Å²) in [6, 6.07) is 29.7. The standard InChI is InChI=1S/C26H26N3O4S2/c1-21-13-17-25(18-14-21)34(30,31)27-29(23-9-5-3-6-10-23,24-11-7-4-8-12-24)28-35(32,33)26-19-15-22(2)16-20-26/h3-20,27-28H,1-2H3/q+1. The van der Waals surface area contributed by atoms with Gasteiger partial charge in [-0.2, -0.15) is 0 Å². The third-order valence-corrected chi connectivity index (χ3v) is 8.28. The van der Waals surface area contributed by atoms with Gasteiger partial charge in [-0.05, 0) is 47.8 Å². The van der Waals surface area contributed by atoms with Crippen molar-refractivity contribution in [3.05, 3.63) is 120 Å². The van der Waals surface area contributed by atoms with Crippen molar-refractivity contribution in [1.82, 2.24) is 14.4 Å². The van der Waals surface area contributed by atoms with Gasteiger partial charge in [0.2, 0.25) is 0 Å². The van der Waals surface area contributed by atoms with Crippen LogP contribution in [0.4, 0.5) is 11.4 Å². The fourth-order valence-electron chi connectivity index (χ4n) is 3.58. The highest BCUT2D eigenvalue weighted by atomic mass is 32.2. The van der Waals surface area contributed by atoms with E-state index < -0.39 is 24.7 Å². The first-order valence-corrected chi connectivity index (χ1v) is 13.8. The van der Waals surface area contributed by atoms with Crippen molar-refractivity contribution >= 4 is 31.4 Å². The smallest absolute Gasteiger partial charge is 0.202 e. The predicted octanol–water partition coefficient (Wildman–Crippen LogP) is 4.73. The first kappa shape index (κ1) is 24.8. The Morgan fingerprint density at radius 3 is 1.11 bits per heavy atom. The van der Waals surface area contributed by atoms with Crippen molar-refractivity contribution in [2.45, 2.75) is 23.6 Å². The fraction of sp³-hybridized carbons (Fsp3) is 0.0769. The van der Waals surface area contributed by atoms with Crippen LogP contribution in [0, 0.1) is 13.8 Å².